The van der Waals surface area contributed by atoms with E-state index in [2.05, 4.69) is 45.1 Å². The number of likely N-dealkylation sites (tertiary alicyclic amines) is 1. The molecule has 0 bridgehead atoms. The van der Waals surface area contributed by atoms with E-state index in [0.29, 0.717) is 18.9 Å². The molecule has 3 rings (SSSR count). The van der Waals surface area contributed by atoms with E-state index in [1.807, 2.05) is 6.07 Å². The summed E-state index contributed by atoms with van der Waals surface area (Å²) >= 11 is 0. The molecular formula is C19H26N4O3. The van der Waals surface area contributed by atoms with Gasteiger partial charge in [-0.2, -0.15) is 0 Å². The number of carbonyl (C=O) groups excluding carboxylic acids is 3. The Labute approximate surface area is 153 Å². The van der Waals surface area contributed by atoms with Gasteiger partial charge in [-0.15, -0.1) is 0 Å². The first kappa shape index (κ1) is 18.4. The van der Waals surface area contributed by atoms with Gasteiger partial charge in [0.25, 0.3) is 5.91 Å². The van der Waals surface area contributed by atoms with Crippen LogP contribution in [-0.4, -0.2) is 55.0 Å². The van der Waals surface area contributed by atoms with Crippen molar-refractivity contribution in [2.45, 2.75) is 37.6 Å². The molecule has 7 nitrogen and oxygen atoms in total. The van der Waals surface area contributed by atoms with Crippen LogP contribution in [0.2, 0.25) is 0 Å². The second-order valence-corrected chi connectivity index (χ2v) is 6.93. The molecule has 0 spiro atoms. The van der Waals surface area contributed by atoms with E-state index in [0.717, 1.165) is 32.5 Å². The fourth-order valence-electron chi connectivity index (χ4n) is 3.59. The van der Waals surface area contributed by atoms with E-state index >= 15 is 0 Å². The van der Waals surface area contributed by atoms with E-state index in [4.69, 9.17) is 0 Å². The Morgan fingerprint density at radius 1 is 1.15 bits per heavy atom. The third kappa shape index (κ3) is 5.05. The van der Waals surface area contributed by atoms with Crippen molar-refractivity contribution in [3.8, 4) is 0 Å². The minimum absolute atomic E-state index is 0.0851. The standard InChI is InChI=1S/C19H26N4O3/c24-17(7-6-16-18(25)22-19(26)21-16)20-10-13-23-11-8-15(9-12-23)14-4-2-1-3-5-14/h1-5,15-16H,6-13H2,(H,20,24)(H2,21,22,25,26)/t16-/m0/s1. The van der Waals surface area contributed by atoms with E-state index < -0.39 is 12.1 Å². The number of benzene rings is 1. The Kier molecular flexibility index (Phi) is 6.22. The smallest absolute Gasteiger partial charge is 0.322 e. The number of rotatable bonds is 7. The van der Waals surface area contributed by atoms with Gasteiger partial charge in [0.1, 0.15) is 6.04 Å². The van der Waals surface area contributed by atoms with E-state index in [-0.39, 0.29) is 18.2 Å². The number of nitrogens with zero attached hydrogens (tertiary/aromatic N) is 1. The van der Waals surface area contributed by atoms with Crippen LogP contribution in [0.25, 0.3) is 0 Å². The largest absolute Gasteiger partial charge is 0.355 e. The number of hydrogen-bond acceptors (Lipinski definition) is 4. The summed E-state index contributed by atoms with van der Waals surface area (Å²) in [6.07, 6.45) is 2.85. The van der Waals surface area contributed by atoms with Crippen LogP contribution in [0, 0.1) is 0 Å². The van der Waals surface area contributed by atoms with Crippen molar-refractivity contribution in [2.24, 2.45) is 0 Å². The van der Waals surface area contributed by atoms with Gasteiger partial charge in [0.2, 0.25) is 5.91 Å². The molecule has 1 atom stereocenters. The van der Waals surface area contributed by atoms with E-state index in [1.54, 1.807) is 0 Å². The predicted octanol–water partition coefficient (Wildman–Crippen LogP) is 0.970. The number of urea groups is 1. The Hall–Kier alpha value is -2.41. The summed E-state index contributed by atoms with van der Waals surface area (Å²) in [5.41, 5.74) is 1.42. The van der Waals surface area contributed by atoms with Gasteiger partial charge < -0.3 is 15.5 Å². The van der Waals surface area contributed by atoms with Crippen molar-refractivity contribution in [2.75, 3.05) is 26.2 Å². The molecule has 140 valence electrons. The molecule has 0 saturated carbocycles. The van der Waals surface area contributed by atoms with Crippen molar-refractivity contribution in [1.82, 2.24) is 20.9 Å². The van der Waals surface area contributed by atoms with Gasteiger partial charge in [-0.05, 0) is 43.8 Å². The zero-order valence-corrected chi connectivity index (χ0v) is 14.9. The summed E-state index contributed by atoms with van der Waals surface area (Å²) in [5, 5.41) is 7.56. The fraction of sp³-hybridized carbons (Fsp3) is 0.526. The fourth-order valence-corrected chi connectivity index (χ4v) is 3.59. The molecule has 0 radical (unpaired) electrons. The molecule has 7 heteroatoms. The summed E-state index contributed by atoms with van der Waals surface area (Å²) in [7, 11) is 0. The molecule has 0 unspecified atom stereocenters. The molecule has 0 aliphatic carbocycles. The topological polar surface area (TPSA) is 90.5 Å². The predicted molar refractivity (Wildman–Crippen MR) is 97.6 cm³/mol. The van der Waals surface area contributed by atoms with Gasteiger partial charge in [0.05, 0.1) is 0 Å². The molecule has 2 heterocycles. The lowest BCUT2D eigenvalue weighted by atomic mass is 9.89. The van der Waals surface area contributed by atoms with Gasteiger partial charge in [-0.3, -0.25) is 14.9 Å². The highest BCUT2D eigenvalue weighted by atomic mass is 16.2. The van der Waals surface area contributed by atoms with Gasteiger partial charge in [-0.25, -0.2) is 4.79 Å². The summed E-state index contributed by atoms with van der Waals surface area (Å²) < 4.78 is 0. The van der Waals surface area contributed by atoms with E-state index in [1.165, 1.54) is 5.56 Å². The molecule has 1 aromatic rings. The highest BCUT2D eigenvalue weighted by molar-refractivity contribution is 6.04. The second kappa shape index (κ2) is 8.80. The van der Waals surface area contributed by atoms with Crippen molar-refractivity contribution in [1.29, 1.82) is 0 Å². The summed E-state index contributed by atoms with van der Waals surface area (Å²) in [6, 6.07) is 9.57. The van der Waals surface area contributed by atoms with Crippen LogP contribution in [0.1, 0.15) is 37.2 Å². The second-order valence-electron chi connectivity index (χ2n) is 6.93. The maximum Gasteiger partial charge on any atom is 0.322 e. The van der Waals surface area contributed by atoms with Crippen LogP contribution in [-0.2, 0) is 9.59 Å². The van der Waals surface area contributed by atoms with Gasteiger partial charge in [-0.1, -0.05) is 30.3 Å². The lowest BCUT2D eigenvalue weighted by Crippen LogP contribution is -2.39. The molecule has 2 aliphatic rings. The molecular weight excluding hydrogens is 332 g/mol. The molecule has 3 N–H and O–H groups in total. The summed E-state index contributed by atoms with van der Waals surface area (Å²) in [6.45, 7) is 3.54. The van der Waals surface area contributed by atoms with Crippen molar-refractivity contribution in [3.63, 3.8) is 0 Å². The van der Waals surface area contributed by atoms with Crippen LogP contribution < -0.4 is 16.0 Å². The Bertz CT molecular complexity index is 641. The molecule has 2 aliphatic heterocycles. The molecule has 1 aromatic carbocycles. The first-order valence-corrected chi connectivity index (χ1v) is 9.27. The zero-order chi connectivity index (χ0) is 18.4. The third-order valence-corrected chi connectivity index (χ3v) is 5.13. The first-order chi connectivity index (χ1) is 12.6. The Balaban J connectivity index is 1.29. The average Bonchev–Trinajstić information content (AvgIpc) is 2.98. The first-order valence-electron chi connectivity index (χ1n) is 9.27. The maximum absolute atomic E-state index is 11.9. The van der Waals surface area contributed by atoms with Gasteiger partial charge in [0.15, 0.2) is 0 Å². The molecule has 4 amide bonds. The average molecular weight is 358 g/mol. The van der Waals surface area contributed by atoms with Crippen molar-refractivity contribution in [3.05, 3.63) is 35.9 Å². The highest BCUT2D eigenvalue weighted by Gasteiger charge is 2.29. The van der Waals surface area contributed by atoms with Crippen molar-refractivity contribution < 1.29 is 14.4 Å². The number of nitrogens with one attached hydrogen (secondary N) is 3. The Morgan fingerprint density at radius 3 is 2.54 bits per heavy atom. The monoisotopic (exact) mass is 358 g/mol. The Morgan fingerprint density at radius 2 is 1.88 bits per heavy atom. The number of imide groups is 1. The summed E-state index contributed by atoms with van der Waals surface area (Å²) in [4.78, 5) is 36.7. The molecule has 26 heavy (non-hydrogen) atoms. The van der Waals surface area contributed by atoms with Crippen LogP contribution in [0.4, 0.5) is 4.79 Å². The van der Waals surface area contributed by atoms with Crippen LogP contribution in [0.3, 0.4) is 0 Å². The zero-order valence-electron chi connectivity index (χ0n) is 14.9. The maximum atomic E-state index is 11.9. The molecule has 2 fully saturated rings. The minimum atomic E-state index is -0.592. The van der Waals surface area contributed by atoms with Gasteiger partial charge in [0, 0.05) is 19.5 Å². The van der Waals surface area contributed by atoms with E-state index in [9.17, 15) is 14.4 Å². The lowest BCUT2D eigenvalue weighted by Gasteiger charge is -2.32. The lowest BCUT2D eigenvalue weighted by molar-refractivity contribution is -0.122. The van der Waals surface area contributed by atoms with Gasteiger partial charge >= 0.3 is 6.03 Å². The normalized spacial score (nSPS) is 21.3. The van der Waals surface area contributed by atoms with Crippen LogP contribution in [0.5, 0.6) is 0 Å². The summed E-state index contributed by atoms with van der Waals surface area (Å²) in [5.74, 6) is 0.192. The molecule has 0 aromatic heterocycles. The number of piperidine rings is 1. The minimum Gasteiger partial charge on any atom is -0.355 e. The van der Waals surface area contributed by atoms with Crippen LogP contribution >= 0.6 is 0 Å². The number of hydrogen-bond donors (Lipinski definition) is 3. The quantitative estimate of drug-likeness (QED) is 0.634. The van der Waals surface area contributed by atoms with Crippen LogP contribution in [0.15, 0.2) is 30.3 Å². The van der Waals surface area contributed by atoms with Crippen molar-refractivity contribution >= 4 is 17.8 Å². The SMILES string of the molecule is O=C(CC[C@@H]1NC(=O)NC1=O)NCCN1CCC(c2ccccc2)CC1. The molecule has 2 saturated heterocycles. The third-order valence-electron chi connectivity index (χ3n) is 5.13. The highest BCUT2D eigenvalue weighted by Crippen LogP contribution is 2.27. The number of amides is 4. The number of carbonyl (C=O) groups is 3.